The van der Waals surface area contributed by atoms with Gasteiger partial charge in [0.1, 0.15) is 10.7 Å². The van der Waals surface area contributed by atoms with Gasteiger partial charge in [-0.2, -0.15) is 4.31 Å². The third kappa shape index (κ3) is 4.26. The Kier molecular flexibility index (Phi) is 6.09. The summed E-state index contributed by atoms with van der Waals surface area (Å²) in [5.74, 6) is -1.28. The summed E-state index contributed by atoms with van der Waals surface area (Å²) < 4.78 is 39.3. The summed E-state index contributed by atoms with van der Waals surface area (Å²) in [6, 6.07) is 3.66. The topological polar surface area (TPSA) is 66.5 Å². The fraction of sp³-hybridized carbons (Fsp3) is 0.417. The predicted molar refractivity (Wildman–Crippen MR) is 77.2 cm³/mol. The van der Waals surface area contributed by atoms with Crippen LogP contribution in [0.15, 0.2) is 27.6 Å². The number of halogens is 2. The monoisotopic (exact) mass is 366 g/mol. The number of hydrogen-bond acceptors (Lipinski definition) is 3. The number of hydrogen-bond donors (Lipinski definition) is 1. The minimum Gasteiger partial charge on any atom is -0.355 e. The highest BCUT2D eigenvalue weighted by molar-refractivity contribution is 9.10. The van der Waals surface area contributed by atoms with E-state index in [1.807, 2.05) is 6.92 Å². The lowest BCUT2D eigenvalue weighted by Gasteiger charge is -2.17. The van der Waals surface area contributed by atoms with Gasteiger partial charge in [-0.1, -0.05) is 22.9 Å². The van der Waals surface area contributed by atoms with Gasteiger partial charge >= 0.3 is 0 Å². The van der Waals surface area contributed by atoms with E-state index < -0.39 is 26.6 Å². The summed E-state index contributed by atoms with van der Waals surface area (Å²) in [7, 11) is -2.79. The molecule has 0 atom stereocenters. The van der Waals surface area contributed by atoms with Crippen LogP contribution < -0.4 is 5.32 Å². The second kappa shape index (κ2) is 7.14. The Morgan fingerprint density at radius 2 is 2.10 bits per heavy atom. The van der Waals surface area contributed by atoms with Crippen LogP contribution in [-0.2, 0) is 14.8 Å². The Morgan fingerprint density at radius 1 is 1.45 bits per heavy atom. The summed E-state index contributed by atoms with van der Waals surface area (Å²) >= 11 is 3.06. The van der Waals surface area contributed by atoms with Crippen LogP contribution in [0.2, 0.25) is 0 Å². The van der Waals surface area contributed by atoms with Crippen molar-refractivity contribution in [2.75, 3.05) is 20.1 Å². The van der Waals surface area contributed by atoms with E-state index in [4.69, 9.17) is 0 Å². The summed E-state index contributed by atoms with van der Waals surface area (Å²) in [4.78, 5) is 11.1. The molecule has 1 aromatic carbocycles. The molecule has 5 nitrogen and oxygen atoms in total. The number of nitrogens with one attached hydrogen (secondary N) is 1. The van der Waals surface area contributed by atoms with Crippen molar-refractivity contribution >= 4 is 31.9 Å². The molecule has 1 N–H and O–H groups in total. The molecular weight excluding hydrogens is 351 g/mol. The Balaban J connectivity index is 2.90. The molecule has 0 aliphatic rings. The van der Waals surface area contributed by atoms with Crippen molar-refractivity contribution in [1.82, 2.24) is 9.62 Å². The SMILES string of the molecule is CCCNC(=O)CN(C)S(=O)(=O)c1ccc(Br)cc1F. The molecule has 20 heavy (non-hydrogen) atoms. The second-order valence-electron chi connectivity index (χ2n) is 4.19. The molecule has 0 spiro atoms. The van der Waals surface area contributed by atoms with Crippen LogP contribution in [0.5, 0.6) is 0 Å². The van der Waals surface area contributed by atoms with E-state index in [2.05, 4.69) is 21.2 Å². The lowest BCUT2D eigenvalue weighted by Crippen LogP contribution is -2.38. The van der Waals surface area contributed by atoms with E-state index in [1.165, 1.54) is 13.1 Å². The standard InChI is InChI=1S/C12H16BrFN2O3S/c1-3-6-15-12(17)8-16(2)20(18,19)11-5-4-9(13)7-10(11)14/h4-5,7H,3,6,8H2,1-2H3,(H,15,17). The minimum atomic E-state index is -4.03. The number of carbonyl (C=O) groups is 1. The first kappa shape index (κ1) is 17.1. The highest BCUT2D eigenvalue weighted by atomic mass is 79.9. The minimum absolute atomic E-state index is 0.349. The molecule has 0 heterocycles. The van der Waals surface area contributed by atoms with Crippen molar-refractivity contribution < 1.29 is 17.6 Å². The molecule has 0 radical (unpaired) electrons. The van der Waals surface area contributed by atoms with Crippen molar-refractivity contribution in [2.24, 2.45) is 0 Å². The van der Waals surface area contributed by atoms with E-state index in [0.717, 1.165) is 22.9 Å². The van der Waals surface area contributed by atoms with Crippen LogP contribution in [0.4, 0.5) is 4.39 Å². The molecule has 0 unspecified atom stereocenters. The molecular formula is C12H16BrFN2O3S. The van der Waals surface area contributed by atoms with Crippen molar-refractivity contribution in [3.8, 4) is 0 Å². The fourth-order valence-electron chi connectivity index (χ4n) is 1.46. The zero-order valence-electron chi connectivity index (χ0n) is 11.2. The van der Waals surface area contributed by atoms with Gasteiger partial charge in [-0.25, -0.2) is 12.8 Å². The molecule has 8 heteroatoms. The van der Waals surface area contributed by atoms with Gasteiger partial charge in [-0.3, -0.25) is 4.79 Å². The first-order valence-corrected chi connectivity index (χ1v) is 8.20. The highest BCUT2D eigenvalue weighted by Gasteiger charge is 2.26. The smallest absolute Gasteiger partial charge is 0.246 e. The largest absolute Gasteiger partial charge is 0.355 e. The maximum atomic E-state index is 13.7. The van der Waals surface area contributed by atoms with Gasteiger partial charge in [0.15, 0.2) is 0 Å². The Morgan fingerprint density at radius 3 is 2.65 bits per heavy atom. The van der Waals surface area contributed by atoms with Gasteiger partial charge in [0.05, 0.1) is 6.54 Å². The summed E-state index contributed by atoms with van der Waals surface area (Å²) in [5, 5.41) is 2.56. The first-order valence-electron chi connectivity index (χ1n) is 5.97. The van der Waals surface area contributed by atoms with E-state index in [0.29, 0.717) is 11.0 Å². The van der Waals surface area contributed by atoms with Gasteiger partial charge < -0.3 is 5.32 Å². The van der Waals surface area contributed by atoms with Crippen LogP contribution >= 0.6 is 15.9 Å². The van der Waals surface area contributed by atoms with Gasteiger partial charge in [0.2, 0.25) is 15.9 Å². The number of sulfonamides is 1. The zero-order chi connectivity index (χ0) is 15.3. The predicted octanol–water partition coefficient (Wildman–Crippen LogP) is 1.73. The molecule has 0 fully saturated rings. The van der Waals surface area contributed by atoms with E-state index in [9.17, 15) is 17.6 Å². The third-order valence-electron chi connectivity index (χ3n) is 2.52. The molecule has 1 aromatic rings. The fourth-order valence-corrected chi connectivity index (χ4v) is 2.96. The van der Waals surface area contributed by atoms with E-state index in [-0.39, 0.29) is 6.54 Å². The molecule has 0 aliphatic heterocycles. The molecule has 0 saturated heterocycles. The summed E-state index contributed by atoms with van der Waals surface area (Å²) in [6.07, 6.45) is 0.754. The van der Waals surface area contributed by atoms with Crippen LogP contribution in [0.25, 0.3) is 0 Å². The molecule has 0 saturated carbocycles. The Hall–Kier alpha value is -0.990. The van der Waals surface area contributed by atoms with Crippen LogP contribution in [0.3, 0.4) is 0 Å². The third-order valence-corrected chi connectivity index (χ3v) is 4.85. The maximum Gasteiger partial charge on any atom is 0.246 e. The molecule has 112 valence electrons. The van der Waals surface area contributed by atoms with Crippen molar-refractivity contribution in [3.63, 3.8) is 0 Å². The lowest BCUT2D eigenvalue weighted by atomic mass is 10.3. The van der Waals surface area contributed by atoms with Crippen molar-refractivity contribution in [1.29, 1.82) is 0 Å². The molecule has 0 bridgehead atoms. The van der Waals surface area contributed by atoms with Crippen molar-refractivity contribution in [3.05, 3.63) is 28.5 Å². The first-order chi connectivity index (χ1) is 9.28. The molecule has 0 aliphatic carbocycles. The lowest BCUT2D eigenvalue weighted by molar-refractivity contribution is -0.121. The molecule has 1 rings (SSSR count). The molecule has 1 amide bonds. The summed E-state index contributed by atoms with van der Waals surface area (Å²) in [6.45, 7) is 2.01. The highest BCUT2D eigenvalue weighted by Crippen LogP contribution is 2.21. The van der Waals surface area contributed by atoms with E-state index >= 15 is 0 Å². The van der Waals surface area contributed by atoms with Crippen LogP contribution in [-0.4, -0.2) is 38.8 Å². The quantitative estimate of drug-likeness (QED) is 0.833. The van der Waals surface area contributed by atoms with Crippen LogP contribution in [0.1, 0.15) is 13.3 Å². The number of likely N-dealkylation sites (N-methyl/N-ethyl adjacent to an activating group) is 1. The van der Waals surface area contributed by atoms with E-state index in [1.54, 1.807) is 0 Å². The van der Waals surface area contributed by atoms with Crippen molar-refractivity contribution in [2.45, 2.75) is 18.2 Å². The Labute approximate surface area is 126 Å². The Bertz CT molecular complexity index is 592. The average Bonchev–Trinajstić information content (AvgIpc) is 2.35. The van der Waals surface area contributed by atoms with Gasteiger partial charge in [-0.05, 0) is 24.6 Å². The number of benzene rings is 1. The number of rotatable bonds is 6. The van der Waals surface area contributed by atoms with Gasteiger partial charge in [-0.15, -0.1) is 0 Å². The normalized spacial score (nSPS) is 11.7. The number of amides is 1. The second-order valence-corrected chi connectivity index (χ2v) is 7.11. The maximum absolute atomic E-state index is 13.7. The summed E-state index contributed by atoms with van der Waals surface area (Å²) in [5.41, 5.74) is 0. The molecule has 0 aromatic heterocycles. The van der Waals surface area contributed by atoms with Gasteiger partial charge in [0, 0.05) is 18.1 Å². The number of nitrogens with zero attached hydrogens (tertiary/aromatic N) is 1. The zero-order valence-corrected chi connectivity index (χ0v) is 13.6. The van der Waals surface area contributed by atoms with Crippen LogP contribution in [0, 0.1) is 5.82 Å². The average molecular weight is 367 g/mol. The van der Waals surface area contributed by atoms with Gasteiger partial charge in [0.25, 0.3) is 0 Å². The number of carbonyl (C=O) groups excluding carboxylic acids is 1.